The van der Waals surface area contributed by atoms with E-state index in [-0.39, 0.29) is 5.75 Å². The fourth-order valence-corrected chi connectivity index (χ4v) is 1.45. The minimum Gasteiger partial charge on any atom is -0.507 e. The Morgan fingerprint density at radius 2 is 1.50 bits per heavy atom. The lowest BCUT2D eigenvalue weighted by atomic mass is 10.2. The van der Waals surface area contributed by atoms with Crippen LogP contribution in [0.2, 0.25) is 0 Å². The number of phenolic OH excluding ortho intramolecular Hbond substituents is 1. The number of benzene rings is 2. The molecule has 0 spiro atoms. The molecule has 2 rings (SSSR count). The highest BCUT2D eigenvalue weighted by molar-refractivity contribution is 5.79. The minimum absolute atomic E-state index is 0.0347. The highest BCUT2D eigenvalue weighted by Crippen LogP contribution is 2.14. The van der Waals surface area contributed by atoms with E-state index >= 15 is 0 Å². The van der Waals surface area contributed by atoms with Gasteiger partial charge in [-0.25, -0.2) is 0 Å². The second kappa shape index (κ2) is 8.48. The summed E-state index contributed by atoms with van der Waals surface area (Å²) in [7, 11) is 0. The molecule has 0 saturated heterocycles. The quantitative estimate of drug-likeness (QED) is 0.869. The van der Waals surface area contributed by atoms with Crippen molar-refractivity contribution in [3.05, 3.63) is 59.7 Å². The van der Waals surface area contributed by atoms with Gasteiger partial charge in [-0.3, -0.25) is 9.59 Å². The smallest absolute Gasteiger partial charge is 0.153 e. The minimum atomic E-state index is 0.0347. The zero-order valence-electron chi connectivity index (χ0n) is 11.2. The van der Waals surface area contributed by atoms with E-state index in [1.165, 1.54) is 6.07 Å². The Balaban J connectivity index is 0.000000204. The van der Waals surface area contributed by atoms with E-state index in [2.05, 4.69) is 0 Å². The van der Waals surface area contributed by atoms with Crippen LogP contribution in [0.3, 0.4) is 0 Å². The van der Waals surface area contributed by atoms with Gasteiger partial charge in [0.15, 0.2) is 12.6 Å². The van der Waals surface area contributed by atoms with E-state index in [4.69, 9.17) is 9.84 Å². The van der Waals surface area contributed by atoms with Crippen molar-refractivity contribution >= 4 is 12.6 Å². The fourth-order valence-electron chi connectivity index (χ4n) is 1.45. The number of rotatable bonds is 4. The maximum Gasteiger partial charge on any atom is 0.153 e. The largest absolute Gasteiger partial charge is 0.507 e. The van der Waals surface area contributed by atoms with E-state index < -0.39 is 0 Å². The highest BCUT2D eigenvalue weighted by atomic mass is 16.5. The third-order valence-electron chi connectivity index (χ3n) is 2.41. The maximum absolute atomic E-state index is 10.4. The highest BCUT2D eigenvalue weighted by Gasteiger charge is 1.98. The van der Waals surface area contributed by atoms with Crippen LogP contribution in [0, 0.1) is 0 Å². The molecular weight excluding hydrogens is 256 g/mol. The van der Waals surface area contributed by atoms with Crippen molar-refractivity contribution in [3.63, 3.8) is 0 Å². The molecular formula is C16H16O4. The number of aldehydes is 2. The summed E-state index contributed by atoms with van der Waals surface area (Å²) in [4.78, 5) is 20.5. The Morgan fingerprint density at radius 3 is 2.00 bits per heavy atom. The van der Waals surface area contributed by atoms with Gasteiger partial charge in [0.25, 0.3) is 0 Å². The Morgan fingerprint density at radius 1 is 0.950 bits per heavy atom. The predicted octanol–water partition coefficient (Wildman–Crippen LogP) is 3.10. The maximum atomic E-state index is 10.4. The molecule has 0 atom stereocenters. The third-order valence-corrected chi connectivity index (χ3v) is 2.41. The summed E-state index contributed by atoms with van der Waals surface area (Å²) in [6.07, 6.45) is 1.42. The molecule has 4 nitrogen and oxygen atoms in total. The van der Waals surface area contributed by atoms with Gasteiger partial charge in [0.2, 0.25) is 0 Å². The van der Waals surface area contributed by atoms with Crippen LogP contribution in [-0.4, -0.2) is 24.3 Å². The number of phenols is 1. The molecule has 0 aromatic heterocycles. The van der Waals surface area contributed by atoms with Gasteiger partial charge < -0.3 is 9.84 Å². The lowest BCUT2D eigenvalue weighted by molar-refractivity contribution is 0.111. The Hall–Kier alpha value is -2.62. The molecule has 2 aromatic rings. The fraction of sp³-hybridized carbons (Fsp3) is 0.125. The number of carbonyl (C=O) groups is 2. The average molecular weight is 272 g/mol. The van der Waals surface area contributed by atoms with Gasteiger partial charge in [-0.2, -0.15) is 0 Å². The van der Waals surface area contributed by atoms with Crippen LogP contribution in [0.5, 0.6) is 11.5 Å². The number of hydrogen-bond acceptors (Lipinski definition) is 4. The van der Waals surface area contributed by atoms with Crippen molar-refractivity contribution in [2.24, 2.45) is 0 Å². The Labute approximate surface area is 117 Å². The van der Waals surface area contributed by atoms with Crippen molar-refractivity contribution in [2.45, 2.75) is 6.92 Å². The van der Waals surface area contributed by atoms with Gasteiger partial charge in [0.1, 0.15) is 11.5 Å². The van der Waals surface area contributed by atoms with Gasteiger partial charge in [-0.05, 0) is 31.2 Å². The van der Waals surface area contributed by atoms with E-state index in [1.807, 2.05) is 19.1 Å². The Kier molecular flexibility index (Phi) is 6.54. The van der Waals surface area contributed by atoms with Gasteiger partial charge in [-0.1, -0.05) is 24.3 Å². The SMILES string of the molecule is CCOc1ccccc1C=O.O=Cc1ccccc1O. The number of ether oxygens (including phenoxy) is 1. The van der Waals surface area contributed by atoms with Gasteiger partial charge in [0.05, 0.1) is 17.7 Å². The summed E-state index contributed by atoms with van der Waals surface area (Å²) in [6.45, 7) is 2.48. The molecule has 0 unspecified atom stereocenters. The summed E-state index contributed by atoms with van der Waals surface area (Å²) in [6, 6.07) is 13.6. The first-order chi connectivity index (χ1) is 9.72. The lowest BCUT2D eigenvalue weighted by Crippen LogP contribution is -1.94. The van der Waals surface area contributed by atoms with Crippen molar-refractivity contribution in [1.82, 2.24) is 0 Å². The van der Waals surface area contributed by atoms with Crippen LogP contribution in [-0.2, 0) is 0 Å². The average Bonchev–Trinajstić information content (AvgIpc) is 2.49. The summed E-state index contributed by atoms with van der Waals surface area (Å²) in [5.41, 5.74) is 0.937. The molecule has 0 aliphatic heterocycles. The molecule has 0 aliphatic rings. The molecule has 104 valence electrons. The van der Waals surface area contributed by atoms with Gasteiger partial charge >= 0.3 is 0 Å². The van der Waals surface area contributed by atoms with Crippen molar-refractivity contribution < 1.29 is 19.4 Å². The van der Waals surface area contributed by atoms with Gasteiger partial charge in [-0.15, -0.1) is 0 Å². The van der Waals surface area contributed by atoms with Gasteiger partial charge in [0, 0.05) is 0 Å². The second-order valence-corrected chi connectivity index (χ2v) is 3.77. The van der Waals surface area contributed by atoms with E-state index in [0.717, 1.165) is 6.29 Å². The van der Waals surface area contributed by atoms with Crippen molar-refractivity contribution in [1.29, 1.82) is 0 Å². The second-order valence-electron chi connectivity index (χ2n) is 3.77. The summed E-state index contributed by atoms with van der Waals surface area (Å²) in [5.74, 6) is 0.692. The lowest BCUT2D eigenvalue weighted by Gasteiger charge is -2.03. The molecule has 0 aliphatic carbocycles. The molecule has 20 heavy (non-hydrogen) atoms. The molecule has 4 heteroatoms. The standard InChI is InChI=1S/C9H10O2.C7H6O2/c1-2-11-9-6-4-3-5-8(9)7-10;8-5-6-3-1-2-4-7(6)9/h3-7H,2H2,1H3;1-5,9H. The van der Waals surface area contributed by atoms with Crippen molar-refractivity contribution in [2.75, 3.05) is 6.61 Å². The summed E-state index contributed by atoms with van der Waals surface area (Å²) in [5, 5.41) is 8.88. The van der Waals surface area contributed by atoms with Crippen LogP contribution in [0.1, 0.15) is 27.6 Å². The van der Waals surface area contributed by atoms with E-state index in [9.17, 15) is 9.59 Å². The zero-order valence-corrected chi connectivity index (χ0v) is 11.2. The third kappa shape index (κ3) is 4.57. The summed E-state index contributed by atoms with van der Waals surface area (Å²) >= 11 is 0. The Bertz CT molecular complexity index is 564. The molecule has 0 bridgehead atoms. The predicted molar refractivity (Wildman–Crippen MR) is 76.5 cm³/mol. The number of aromatic hydroxyl groups is 1. The molecule has 0 fully saturated rings. The van der Waals surface area contributed by atoms with E-state index in [1.54, 1.807) is 30.3 Å². The first-order valence-corrected chi connectivity index (χ1v) is 6.13. The first-order valence-electron chi connectivity index (χ1n) is 6.13. The van der Waals surface area contributed by atoms with Crippen LogP contribution in [0.25, 0.3) is 0 Å². The molecule has 1 N–H and O–H groups in total. The number of carbonyl (C=O) groups excluding carboxylic acids is 2. The zero-order chi connectivity index (χ0) is 14.8. The van der Waals surface area contributed by atoms with Crippen LogP contribution in [0.4, 0.5) is 0 Å². The molecule has 0 heterocycles. The molecule has 0 amide bonds. The normalized spacial score (nSPS) is 9.05. The van der Waals surface area contributed by atoms with Crippen LogP contribution >= 0.6 is 0 Å². The topological polar surface area (TPSA) is 63.6 Å². The first kappa shape index (κ1) is 15.4. The molecule has 2 aromatic carbocycles. The molecule has 0 saturated carbocycles. The van der Waals surface area contributed by atoms with Crippen LogP contribution in [0.15, 0.2) is 48.5 Å². The van der Waals surface area contributed by atoms with E-state index in [0.29, 0.717) is 29.8 Å². The molecule has 0 radical (unpaired) electrons. The van der Waals surface area contributed by atoms with Crippen LogP contribution < -0.4 is 4.74 Å². The summed E-state index contributed by atoms with van der Waals surface area (Å²) < 4.78 is 5.20. The van der Waals surface area contributed by atoms with Crippen molar-refractivity contribution in [3.8, 4) is 11.5 Å². The monoisotopic (exact) mass is 272 g/mol. The number of para-hydroxylation sites is 2. The number of hydrogen-bond donors (Lipinski definition) is 1.